The van der Waals surface area contributed by atoms with Gasteiger partial charge in [0, 0.05) is 22.9 Å². The first kappa shape index (κ1) is 27.2. The number of ether oxygens (including phenoxy) is 2. The first-order chi connectivity index (χ1) is 20.4. The molecule has 210 valence electrons. The van der Waals surface area contributed by atoms with Crippen LogP contribution in [-0.2, 0) is 0 Å². The third kappa shape index (κ3) is 5.46. The highest BCUT2D eigenvalue weighted by molar-refractivity contribution is 7.15. The number of hydrogen-bond acceptors (Lipinski definition) is 7. The zero-order chi connectivity index (χ0) is 29.2. The van der Waals surface area contributed by atoms with Crippen LogP contribution in [0, 0.1) is 6.92 Å². The molecule has 0 fully saturated rings. The molecule has 0 spiro atoms. The Balaban J connectivity index is 1.40. The molecule has 0 saturated carbocycles. The lowest BCUT2D eigenvalue weighted by atomic mass is 10.0. The van der Waals surface area contributed by atoms with Crippen LogP contribution in [-0.4, -0.2) is 37.1 Å². The minimum absolute atomic E-state index is 0.0776. The summed E-state index contributed by atoms with van der Waals surface area (Å²) in [7, 11) is 0. The summed E-state index contributed by atoms with van der Waals surface area (Å²) in [4.78, 5) is 18.6. The van der Waals surface area contributed by atoms with E-state index in [9.17, 15) is 4.79 Å². The molecule has 0 bridgehead atoms. The molecule has 0 aliphatic heterocycles. The van der Waals surface area contributed by atoms with E-state index in [-0.39, 0.29) is 11.7 Å². The predicted molar refractivity (Wildman–Crippen MR) is 167 cm³/mol. The average Bonchev–Trinajstić information content (AvgIpc) is 3.68. The first-order valence-corrected chi connectivity index (χ1v) is 14.4. The molecule has 9 heteroatoms. The van der Waals surface area contributed by atoms with E-state index in [1.807, 2.05) is 104 Å². The van der Waals surface area contributed by atoms with Gasteiger partial charge in [0.15, 0.2) is 5.82 Å². The fourth-order valence-corrected chi connectivity index (χ4v) is 5.46. The molecule has 8 nitrogen and oxygen atoms in total. The van der Waals surface area contributed by atoms with Crippen LogP contribution < -0.4 is 19.6 Å². The van der Waals surface area contributed by atoms with Crippen molar-refractivity contribution in [3.8, 4) is 39.8 Å². The summed E-state index contributed by atoms with van der Waals surface area (Å²) in [5.74, 6) is 2.05. The predicted octanol–water partition coefficient (Wildman–Crippen LogP) is 5.88. The lowest BCUT2D eigenvalue weighted by Gasteiger charge is -2.13. The molecule has 3 aromatic heterocycles. The number of hydrogen-bond donors (Lipinski definition) is 0. The molecule has 3 heterocycles. The van der Waals surface area contributed by atoms with E-state index < -0.39 is 0 Å². The summed E-state index contributed by atoms with van der Waals surface area (Å²) >= 11 is 1.30. The number of nitrogens with zero attached hydrogens (tertiary/aromatic N) is 5. The third-order valence-corrected chi connectivity index (χ3v) is 7.48. The number of benzene rings is 3. The van der Waals surface area contributed by atoms with Crippen LogP contribution in [0.3, 0.4) is 0 Å². The van der Waals surface area contributed by atoms with Gasteiger partial charge in [-0.3, -0.25) is 4.79 Å². The Labute approximate surface area is 246 Å². The molecule has 0 unspecified atom stereocenters. The van der Waals surface area contributed by atoms with Crippen molar-refractivity contribution in [2.75, 3.05) is 6.61 Å². The molecule has 0 atom stereocenters. The molecule has 0 N–H and O–H groups in total. The molecule has 0 aliphatic carbocycles. The van der Waals surface area contributed by atoms with Crippen LogP contribution in [0.2, 0.25) is 0 Å². The lowest BCUT2D eigenvalue weighted by Crippen LogP contribution is -2.23. The summed E-state index contributed by atoms with van der Waals surface area (Å²) in [5.41, 5.74) is 5.01. The van der Waals surface area contributed by atoms with Crippen molar-refractivity contribution in [2.24, 2.45) is 0 Å². The summed E-state index contributed by atoms with van der Waals surface area (Å²) in [5, 5.41) is 9.43. The molecule has 0 radical (unpaired) electrons. The normalized spacial score (nSPS) is 11.9. The second-order valence-electron chi connectivity index (χ2n) is 10.0. The van der Waals surface area contributed by atoms with Crippen molar-refractivity contribution in [1.82, 2.24) is 24.4 Å². The summed E-state index contributed by atoms with van der Waals surface area (Å²) in [6.45, 7) is 10.1. The fraction of sp³-hybridized carbons (Fsp3) is 0.152. The van der Waals surface area contributed by atoms with E-state index in [1.54, 1.807) is 6.08 Å². The maximum atomic E-state index is 13.4. The van der Waals surface area contributed by atoms with Gasteiger partial charge in [0.2, 0.25) is 4.96 Å². The number of aromatic nitrogens is 5. The molecule has 3 aromatic carbocycles. The molecule has 6 aromatic rings. The van der Waals surface area contributed by atoms with Crippen LogP contribution in [0.25, 0.3) is 39.4 Å². The Morgan fingerprint density at radius 1 is 1.00 bits per heavy atom. The van der Waals surface area contributed by atoms with Crippen LogP contribution >= 0.6 is 11.3 Å². The fourth-order valence-electron chi connectivity index (χ4n) is 4.57. The maximum Gasteiger partial charge on any atom is 0.291 e. The molecule has 42 heavy (non-hydrogen) atoms. The van der Waals surface area contributed by atoms with Crippen LogP contribution in [0.4, 0.5) is 0 Å². The zero-order valence-corrected chi connectivity index (χ0v) is 24.3. The van der Waals surface area contributed by atoms with Gasteiger partial charge in [-0.1, -0.05) is 42.2 Å². The Morgan fingerprint density at radius 2 is 1.76 bits per heavy atom. The monoisotopic (exact) mass is 575 g/mol. The lowest BCUT2D eigenvalue weighted by molar-refractivity contribution is 0.241. The van der Waals surface area contributed by atoms with Gasteiger partial charge >= 0.3 is 0 Å². The number of fused-ring (bicyclic) bond motifs is 1. The van der Waals surface area contributed by atoms with E-state index in [1.165, 1.54) is 15.9 Å². The van der Waals surface area contributed by atoms with Crippen molar-refractivity contribution in [3.05, 3.63) is 118 Å². The number of thiazole rings is 1. The van der Waals surface area contributed by atoms with Crippen LogP contribution in [0.5, 0.6) is 11.5 Å². The van der Waals surface area contributed by atoms with E-state index in [4.69, 9.17) is 14.6 Å². The molecular weight excluding hydrogens is 546 g/mol. The smallest absolute Gasteiger partial charge is 0.291 e. The summed E-state index contributed by atoms with van der Waals surface area (Å²) < 4.78 is 15.2. The quantitative estimate of drug-likeness (QED) is 0.200. The van der Waals surface area contributed by atoms with Crippen LogP contribution in [0.15, 0.2) is 96.4 Å². The van der Waals surface area contributed by atoms with Gasteiger partial charge in [-0.25, -0.2) is 4.68 Å². The molecule has 0 saturated heterocycles. The van der Waals surface area contributed by atoms with Gasteiger partial charge in [0.25, 0.3) is 5.56 Å². The van der Waals surface area contributed by atoms with Crippen molar-refractivity contribution in [2.45, 2.75) is 26.9 Å². The second-order valence-corrected chi connectivity index (χ2v) is 11.0. The Hall–Kier alpha value is -5.02. The number of para-hydroxylation sites is 1. The largest absolute Gasteiger partial charge is 0.491 e. The maximum absolute atomic E-state index is 13.4. The minimum atomic E-state index is -0.227. The van der Waals surface area contributed by atoms with E-state index in [0.29, 0.717) is 21.9 Å². The van der Waals surface area contributed by atoms with Gasteiger partial charge in [-0.05, 0) is 87.0 Å². The molecule has 0 aliphatic rings. The highest BCUT2D eigenvalue weighted by atomic mass is 32.1. The number of rotatable bonds is 9. The van der Waals surface area contributed by atoms with Crippen LogP contribution in [0.1, 0.15) is 25.0 Å². The topological polar surface area (TPSA) is 83.5 Å². The van der Waals surface area contributed by atoms with Crippen molar-refractivity contribution >= 4 is 22.4 Å². The van der Waals surface area contributed by atoms with Gasteiger partial charge in [-0.2, -0.15) is 14.6 Å². The van der Waals surface area contributed by atoms with Gasteiger partial charge in [0.1, 0.15) is 23.8 Å². The summed E-state index contributed by atoms with van der Waals surface area (Å²) in [6.07, 6.45) is 5.58. The minimum Gasteiger partial charge on any atom is -0.491 e. The Kier molecular flexibility index (Phi) is 7.41. The second kappa shape index (κ2) is 11.5. The molecular formula is C33H29N5O3S. The van der Waals surface area contributed by atoms with Gasteiger partial charge in [0.05, 0.1) is 16.3 Å². The third-order valence-electron chi connectivity index (χ3n) is 6.52. The van der Waals surface area contributed by atoms with E-state index >= 15 is 0 Å². The average molecular weight is 576 g/mol. The molecule has 6 rings (SSSR count). The SMILES string of the molecule is C=CCOc1ccc(-c2nc3sc(=Cc4cn(-c5ccccc5)nc4-c4ccc(OC(C)C)c(C)c4)c(=O)n3n2)cc1. The Morgan fingerprint density at radius 3 is 2.45 bits per heavy atom. The van der Waals surface area contributed by atoms with Crippen molar-refractivity contribution in [3.63, 3.8) is 0 Å². The molecule has 0 amide bonds. The van der Waals surface area contributed by atoms with Crippen molar-refractivity contribution < 1.29 is 9.47 Å². The summed E-state index contributed by atoms with van der Waals surface area (Å²) in [6, 6.07) is 23.4. The van der Waals surface area contributed by atoms with Gasteiger partial charge < -0.3 is 9.47 Å². The standard InChI is InChI=1S/C33H29N5O3S/c1-5-17-40-27-14-11-23(12-15-27)31-34-33-38(36-31)32(39)29(42-33)19-25-20-37(26-9-7-6-8-10-26)35-30(25)24-13-16-28(22(4)18-24)41-21(2)3/h5-16,18-21H,1,17H2,2-4H3. The highest BCUT2D eigenvalue weighted by Crippen LogP contribution is 2.29. The van der Waals surface area contributed by atoms with E-state index in [2.05, 4.69) is 22.7 Å². The van der Waals surface area contributed by atoms with E-state index in [0.717, 1.165) is 45.1 Å². The highest BCUT2D eigenvalue weighted by Gasteiger charge is 2.16. The Bertz CT molecular complexity index is 1990. The van der Waals surface area contributed by atoms with Crippen molar-refractivity contribution in [1.29, 1.82) is 0 Å². The zero-order valence-electron chi connectivity index (χ0n) is 23.5. The van der Waals surface area contributed by atoms with Gasteiger partial charge in [-0.15, -0.1) is 5.10 Å². The number of aryl methyl sites for hydroxylation is 1. The first-order valence-electron chi connectivity index (χ1n) is 13.6.